The first kappa shape index (κ1) is 27.8. The highest BCUT2D eigenvalue weighted by Gasteiger charge is 2.31. The molecule has 9 nitrogen and oxygen atoms in total. The van der Waals surface area contributed by atoms with Crippen LogP contribution in [0.2, 0.25) is 0 Å². The van der Waals surface area contributed by atoms with Gasteiger partial charge in [-0.05, 0) is 50.1 Å². The van der Waals surface area contributed by atoms with Gasteiger partial charge in [0.15, 0.2) is 11.5 Å². The van der Waals surface area contributed by atoms with Crippen molar-refractivity contribution >= 4 is 43.5 Å². The number of unbranched alkanes of at least 4 members (excludes halogenated alkanes) is 1. The zero-order valence-electron chi connectivity index (χ0n) is 20.7. The average Bonchev–Trinajstić information content (AvgIpc) is 3.33. The summed E-state index contributed by atoms with van der Waals surface area (Å²) in [6, 6.07) is 11.3. The van der Waals surface area contributed by atoms with Crippen molar-refractivity contribution < 1.29 is 27.5 Å². The third kappa shape index (κ3) is 6.91. The summed E-state index contributed by atoms with van der Waals surface area (Å²) in [4.78, 5) is 28.0. The maximum atomic E-state index is 13.7. The highest BCUT2D eigenvalue weighted by atomic mass is 79.9. The summed E-state index contributed by atoms with van der Waals surface area (Å²) in [5.41, 5.74) is 1.09. The van der Waals surface area contributed by atoms with Crippen LogP contribution in [0.25, 0.3) is 0 Å². The number of nitrogens with one attached hydrogen (secondary N) is 1. The smallest absolute Gasteiger partial charge is 0.244 e. The molecule has 3 rings (SSSR count). The van der Waals surface area contributed by atoms with Gasteiger partial charge in [-0.25, -0.2) is 8.42 Å². The van der Waals surface area contributed by atoms with Crippen LogP contribution in [0.4, 0.5) is 5.69 Å². The minimum atomic E-state index is -3.82. The summed E-state index contributed by atoms with van der Waals surface area (Å²) < 4.78 is 38.7. The molecule has 196 valence electrons. The lowest BCUT2D eigenvalue weighted by atomic mass is 10.1. The van der Waals surface area contributed by atoms with Gasteiger partial charge in [0.1, 0.15) is 12.6 Å². The number of fused-ring (bicyclic) bond motifs is 1. The van der Waals surface area contributed by atoms with Gasteiger partial charge in [0.25, 0.3) is 0 Å². The van der Waals surface area contributed by atoms with Crippen molar-refractivity contribution in [3.8, 4) is 11.5 Å². The molecule has 1 atom stereocenters. The number of carbonyl (C=O) groups is 2. The minimum Gasteiger partial charge on any atom is -0.454 e. The minimum absolute atomic E-state index is 0.0450. The average molecular weight is 583 g/mol. The number of nitrogens with zero attached hydrogens (tertiary/aromatic N) is 2. The van der Waals surface area contributed by atoms with Crippen LogP contribution in [0.3, 0.4) is 0 Å². The van der Waals surface area contributed by atoms with Crippen LogP contribution in [-0.4, -0.2) is 56.8 Å². The highest BCUT2D eigenvalue weighted by Crippen LogP contribution is 2.36. The molecule has 1 heterocycles. The molecule has 0 spiro atoms. The molecule has 11 heteroatoms. The normalized spacial score (nSPS) is 13.2. The molecule has 0 aliphatic carbocycles. The number of halogens is 1. The van der Waals surface area contributed by atoms with Crippen molar-refractivity contribution in [2.24, 2.45) is 0 Å². The van der Waals surface area contributed by atoms with Crippen LogP contribution in [0.5, 0.6) is 11.5 Å². The highest BCUT2D eigenvalue weighted by molar-refractivity contribution is 9.10. The Labute approximate surface area is 220 Å². The summed E-state index contributed by atoms with van der Waals surface area (Å²) in [6.45, 7) is 5.42. The molecule has 0 aromatic heterocycles. The first-order valence-electron chi connectivity index (χ1n) is 11.9. The number of sulfonamides is 1. The first-order valence-corrected chi connectivity index (χ1v) is 14.3. The lowest BCUT2D eigenvalue weighted by Crippen LogP contribution is -2.51. The molecule has 2 aromatic rings. The van der Waals surface area contributed by atoms with Gasteiger partial charge in [-0.3, -0.25) is 13.9 Å². The van der Waals surface area contributed by atoms with Gasteiger partial charge in [0, 0.05) is 23.6 Å². The Morgan fingerprint density at radius 1 is 1.11 bits per heavy atom. The topological polar surface area (TPSA) is 105 Å². The Hall–Kier alpha value is -2.79. The van der Waals surface area contributed by atoms with Crippen molar-refractivity contribution in [3.63, 3.8) is 0 Å². The van der Waals surface area contributed by atoms with E-state index in [0.717, 1.165) is 27.2 Å². The van der Waals surface area contributed by atoms with Crippen LogP contribution in [0.1, 0.15) is 39.2 Å². The number of amides is 2. The predicted octanol–water partition coefficient (Wildman–Crippen LogP) is 3.67. The lowest BCUT2D eigenvalue weighted by Gasteiger charge is -2.32. The zero-order valence-corrected chi connectivity index (χ0v) is 23.1. The van der Waals surface area contributed by atoms with E-state index in [9.17, 15) is 18.0 Å². The van der Waals surface area contributed by atoms with E-state index in [1.54, 1.807) is 25.1 Å². The number of carbonyl (C=O) groups excluding carboxylic acids is 2. The van der Waals surface area contributed by atoms with Crippen molar-refractivity contribution in [2.75, 3.05) is 29.9 Å². The molecule has 0 fully saturated rings. The fourth-order valence-electron chi connectivity index (χ4n) is 3.71. The van der Waals surface area contributed by atoms with Crippen LogP contribution in [0, 0.1) is 0 Å². The van der Waals surface area contributed by atoms with E-state index in [-0.39, 0.29) is 30.7 Å². The van der Waals surface area contributed by atoms with Crippen molar-refractivity contribution in [2.45, 2.75) is 46.2 Å². The predicted molar refractivity (Wildman–Crippen MR) is 141 cm³/mol. The second-order valence-electron chi connectivity index (χ2n) is 8.42. The molecule has 1 aliphatic heterocycles. The number of rotatable bonds is 12. The molecule has 0 saturated heterocycles. The SMILES string of the molecule is CCCCNC(=O)[C@H](C)N(Cc1cccc(Br)c1)C(=O)CN(c1ccc2c(c1)OCO2)S(=O)(=O)CC. The van der Waals surface area contributed by atoms with Crippen LogP contribution in [-0.2, 0) is 26.2 Å². The summed E-state index contributed by atoms with van der Waals surface area (Å²) in [5.74, 6) is -0.0750. The van der Waals surface area contributed by atoms with Gasteiger partial charge >= 0.3 is 0 Å². The quantitative estimate of drug-likeness (QED) is 0.383. The van der Waals surface area contributed by atoms with Gasteiger partial charge in [0.05, 0.1) is 11.4 Å². The third-order valence-corrected chi connectivity index (χ3v) is 8.10. The van der Waals surface area contributed by atoms with E-state index in [0.29, 0.717) is 18.0 Å². The first-order chi connectivity index (χ1) is 17.2. The fraction of sp³-hybridized carbons (Fsp3) is 0.440. The van der Waals surface area contributed by atoms with E-state index < -0.39 is 28.5 Å². The van der Waals surface area contributed by atoms with Crippen molar-refractivity contribution in [1.82, 2.24) is 10.2 Å². The second-order valence-corrected chi connectivity index (χ2v) is 11.5. The molecule has 0 bridgehead atoms. The number of anilines is 1. The number of hydrogen-bond donors (Lipinski definition) is 1. The maximum absolute atomic E-state index is 13.7. The van der Waals surface area contributed by atoms with Crippen molar-refractivity contribution in [1.29, 1.82) is 0 Å². The molecule has 0 saturated carbocycles. The van der Waals surface area contributed by atoms with Gasteiger partial charge in [-0.1, -0.05) is 41.4 Å². The molecule has 0 radical (unpaired) electrons. The molecular formula is C25H32BrN3O6S. The zero-order chi connectivity index (χ0) is 26.3. The largest absolute Gasteiger partial charge is 0.454 e. The Morgan fingerprint density at radius 3 is 2.56 bits per heavy atom. The summed E-state index contributed by atoms with van der Waals surface area (Å²) in [7, 11) is -3.82. The fourth-order valence-corrected chi connectivity index (χ4v) is 5.21. The van der Waals surface area contributed by atoms with Crippen molar-refractivity contribution in [3.05, 3.63) is 52.5 Å². The van der Waals surface area contributed by atoms with Crippen LogP contribution < -0.4 is 19.1 Å². The molecule has 36 heavy (non-hydrogen) atoms. The Kier molecular flexibility index (Phi) is 9.61. The van der Waals surface area contributed by atoms with Gasteiger partial charge in [-0.2, -0.15) is 0 Å². The van der Waals surface area contributed by atoms with E-state index in [1.165, 1.54) is 11.8 Å². The Balaban J connectivity index is 1.91. The monoisotopic (exact) mass is 581 g/mol. The van der Waals surface area contributed by atoms with E-state index >= 15 is 0 Å². The third-order valence-electron chi connectivity index (χ3n) is 5.86. The van der Waals surface area contributed by atoms with Gasteiger partial charge in [-0.15, -0.1) is 0 Å². The lowest BCUT2D eigenvalue weighted by molar-refractivity contribution is -0.139. The summed E-state index contributed by atoms with van der Waals surface area (Å²) >= 11 is 3.44. The second kappa shape index (κ2) is 12.4. The van der Waals surface area contributed by atoms with Gasteiger partial charge in [0.2, 0.25) is 28.6 Å². The molecule has 1 aliphatic rings. The number of ether oxygens (including phenoxy) is 2. The Morgan fingerprint density at radius 2 is 1.86 bits per heavy atom. The molecular weight excluding hydrogens is 550 g/mol. The van der Waals surface area contributed by atoms with Crippen LogP contribution >= 0.6 is 15.9 Å². The molecule has 1 N–H and O–H groups in total. The van der Waals surface area contributed by atoms with E-state index in [1.807, 2.05) is 31.2 Å². The Bertz CT molecular complexity index is 1190. The van der Waals surface area contributed by atoms with E-state index in [2.05, 4.69) is 21.2 Å². The van der Waals surface area contributed by atoms with Gasteiger partial charge < -0.3 is 19.7 Å². The molecule has 2 aromatic carbocycles. The van der Waals surface area contributed by atoms with Crippen LogP contribution in [0.15, 0.2) is 46.9 Å². The van der Waals surface area contributed by atoms with E-state index in [4.69, 9.17) is 9.47 Å². The summed E-state index contributed by atoms with van der Waals surface area (Å²) in [5, 5.41) is 2.87. The number of benzene rings is 2. The number of hydrogen-bond acceptors (Lipinski definition) is 6. The molecule has 0 unspecified atom stereocenters. The standard InChI is InChI=1S/C25H32BrN3O6S/c1-4-6-12-27-25(31)18(3)28(15-19-8-7-9-20(26)13-19)24(30)16-29(36(32,33)5-2)21-10-11-22-23(14-21)35-17-34-22/h7-11,13-14,18H,4-6,12,15-17H2,1-3H3,(H,27,31)/t18-/m0/s1. The maximum Gasteiger partial charge on any atom is 0.244 e. The summed E-state index contributed by atoms with van der Waals surface area (Å²) in [6.07, 6.45) is 1.75. The molecule has 2 amide bonds.